The van der Waals surface area contributed by atoms with Gasteiger partial charge in [-0.05, 0) is 12.1 Å². The van der Waals surface area contributed by atoms with Crippen LogP contribution in [0.4, 0.5) is 0 Å². The highest BCUT2D eigenvalue weighted by molar-refractivity contribution is 5.77. The first-order valence-electron chi connectivity index (χ1n) is 7.32. The molecule has 24 heavy (non-hydrogen) atoms. The van der Waals surface area contributed by atoms with Gasteiger partial charge >= 0.3 is 5.69 Å². The van der Waals surface area contributed by atoms with E-state index in [0.717, 1.165) is 21.4 Å². The van der Waals surface area contributed by atoms with Crippen LogP contribution in [0, 0.1) is 0 Å². The lowest BCUT2D eigenvalue weighted by molar-refractivity contribution is 0.709. The highest BCUT2D eigenvalue weighted by Crippen LogP contribution is 2.24. The Hall–Kier alpha value is -3.42. The predicted molar refractivity (Wildman–Crippen MR) is 89.6 cm³/mol. The van der Waals surface area contributed by atoms with Crippen LogP contribution < -0.4 is 11.2 Å². The standard InChI is InChI=1S/C16H14N6O2/c1-21-14-12(15(23)22(2)16(21)24)18-13(19-14)10-5-3-4-9(8-10)11-6-7-17-20-11/h3-8H,1-2H3,(H,17,20)(H,18,19). The van der Waals surface area contributed by atoms with Crippen LogP contribution >= 0.6 is 0 Å². The number of hydrogen-bond donors (Lipinski definition) is 2. The molecule has 120 valence electrons. The van der Waals surface area contributed by atoms with E-state index in [0.29, 0.717) is 17.0 Å². The molecule has 0 spiro atoms. The van der Waals surface area contributed by atoms with Gasteiger partial charge in [0.15, 0.2) is 5.65 Å². The maximum Gasteiger partial charge on any atom is 0.332 e. The van der Waals surface area contributed by atoms with Crippen LogP contribution in [0.5, 0.6) is 0 Å². The molecule has 0 saturated carbocycles. The highest BCUT2D eigenvalue weighted by Gasteiger charge is 2.14. The molecule has 1 aromatic carbocycles. The van der Waals surface area contributed by atoms with Crippen LogP contribution in [0.2, 0.25) is 0 Å². The van der Waals surface area contributed by atoms with E-state index in [9.17, 15) is 9.59 Å². The lowest BCUT2D eigenvalue weighted by atomic mass is 10.1. The first-order valence-corrected chi connectivity index (χ1v) is 7.32. The largest absolute Gasteiger partial charge is 0.332 e. The number of benzene rings is 1. The molecule has 8 nitrogen and oxygen atoms in total. The molecule has 0 radical (unpaired) electrons. The number of hydrogen-bond acceptors (Lipinski definition) is 4. The van der Waals surface area contributed by atoms with Gasteiger partial charge in [-0.2, -0.15) is 5.10 Å². The molecule has 0 amide bonds. The van der Waals surface area contributed by atoms with Crippen molar-refractivity contribution in [1.29, 1.82) is 0 Å². The van der Waals surface area contributed by atoms with Crippen LogP contribution in [0.3, 0.4) is 0 Å². The molecule has 0 bridgehead atoms. The van der Waals surface area contributed by atoms with Gasteiger partial charge < -0.3 is 4.98 Å². The van der Waals surface area contributed by atoms with Gasteiger partial charge in [0.1, 0.15) is 11.3 Å². The van der Waals surface area contributed by atoms with Crippen molar-refractivity contribution < 1.29 is 0 Å². The van der Waals surface area contributed by atoms with Crippen LogP contribution in [0.25, 0.3) is 33.8 Å². The van der Waals surface area contributed by atoms with E-state index in [1.54, 1.807) is 13.2 Å². The molecule has 0 aliphatic heterocycles. The Kier molecular flexibility index (Phi) is 2.99. The second-order valence-electron chi connectivity index (χ2n) is 5.54. The van der Waals surface area contributed by atoms with Crippen molar-refractivity contribution in [2.24, 2.45) is 14.1 Å². The molecule has 0 aliphatic carbocycles. The second-order valence-corrected chi connectivity index (χ2v) is 5.54. The predicted octanol–water partition coefficient (Wildman–Crippen LogP) is 1.02. The minimum Gasteiger partial charge on any atom is -0.332 e. The molecule has 0 atom stereocenters. The van der Waals surface area contributed by atoms with Gasteiger partial charge in [0.2, 0.25) is 0 Å². The third-order valence-electron chi connectivity index (χ3n) is 4.04. The van der Waals surface area contributed by atoms with E-state index in [1.165, 1.54) is 11.6 Å². The number of fused-ring (bicyclic) bond motifs is 1. The van der Waals surface area contributed by atoms with Gasteiger partial charge in [0.05, 0.1) is 5.69 Å². The van der Waals surface area contributed by atoms with E-state index in [1.807, 2.05) is 30.3 Å². The summed E-state index contributed by atoms with van der Waals surface area (Å²) in [6.07, 6.45) is 1.68. The fourth-order valence-corrected chi connectivity index (χ4v) is 2.71. The summed E-state index contributed by atoms with van der Waals surface area (Å²) in [5, 5.41) is 6.86. The molecule has 0 aliphatic rings. The maximum absolute atomic E-state index is 12.3. The fourth-order valence-electron chi connectivity index (χ4n) is 2.71. The molecule has 3 aromatic heterocycles. The summed E-state index contributed by atoms with van der Waals surface area (Å²) in [5.41, 5.74) is 2.50. The van der Waals surface area contributed by atoms with E-state index in [2.05, 4.69) is 20.2 Å². The number of aromatic amines is 2. The van der Waals surface area contributed by atoms with Gasteiger partial charge in [-0.15, -0.1) is 0 Å². The molecular weight excluding hydrogens is 308 g/mol. The summed E-state index contributed by atoms with van der Waals surface area (Å²) in [4.78, 5) is 31.8. The Labute approximate surface area is 135 Å². The Bertz CT molecular complexity index is 1160. The molecule has 8 heteroatoms. The summed E-state index contributed by atoms with van der Waals surface area (Å²) < 4.78 is 2.42. The summed E-state index contributed by atoms with van der Waals surface area (Å²) in [6, 6.07) is 9.55. The van der Waals surface area contributed by atoms with Crippen molar-refractivity contribution in [3.63, 3.8) is 0 Å². The van der Waals surface area contributed by atoms with Crippen molar-refractivity contribution in [3.8, 4) is 22.6 Å². The molecule has 3 heterocycles. The third-order valence-corrected chi connectivity index (χ3v) is 4.04. The molecule has 2 N–H and O–H groups in total. The van der Waals surface area contributed by atoms with Crippen LogP contribution in [-0.2, 0) is 14.1 Å². The number of aromatic nitrogens is 6. The zero-order valence-corrected chi connectivity index (χ0v) is 13.1. The van der Waals surface area contributed by atoms with Gasteiger partial charge in [0, 0.05) is 31.4 Å². The van der Waals surface area contributed by atoms with E-state index < -0.39 is 11.2 Å². The number of H-pyrrole nitrogens is 2. The third kappa shape index (κ3) is 2.00. The summed E-state index contributed by atoms with van der Waals surface area (Å²) in [7, 11) is 3.04. The smallest absolute Gasteiger partial charge is 0.332 e. The van der Waals surface area contributed by atoms with Gasteiger partial charge in [-0.3, -0.25) is 19.0 Å². The lowest BCUT2D eigenvalue weighted by Crippen LogP contribution is -2.36. The first kappa shape index (κ1) is 14.2. The highest BCUT2D eigenvalue weighted by atomic mass is 16.2. The number of rotatable bonds is 2. The minimum absolute atomic E-state index is 0.307. The van der Waals surface area contributed by atoms with Gasteiger partial charge in [0.25, 0.3) is 5.56 Å². The van der Waals surface area contributed by atoms with E-state index in [-0.39, 0.29) is 0 Å². The SMILES string of the molecule is Cn1c(=O)c2[nH]c(-c3cccc(-c4ccn[nH]4)c3)nc2n(C)c1=O. The average molecular weight is 322 g/mol. The Morgan fingerprint density at radius 1 is 1.04 bits per heavy atom. The van der Waals surface area contributed by atoms with Crippen molar-refractivity contribution in [1.82, 2.24) is 29.3 Å². The number of aryl methyl sites for hydroxylation is 1. The minimum atomic E-state index is -0.406. The van der Waals surface area contributed by atoms with Gasteiger partial charge in [-0.25, -0.2) is 9.78 Å². The van der Waals surface area contributed by atoms with Crippen molar-refractivity contribution in [2.45, 2.75) is 0 Å². The summed E-state index contributed by atoms with van der Waals surface area (Å²) in [6.45, 7) is 0. The molecule has 0 saturated heterocycles. The number of nitrogens with one attached hydrogen (secondary N) is 2. The van der Waals surface area contributed by atoms with Crippen molar-refractivity contribution in [3.05, 3.63) is 57.4 Å². The zero-order chi connectivity index (χ0) is 16.8. The quantitative estimate of drug-likeness (QED) is 0.575. The van der Waals surface area contributed by atoms with Gasteiger partial charge in [-0.1, -0.05) is 18.2 Å². The Morgan fingerprint density at radius 3 is 2.58 bits per heavy atom. The lowest BCUT2D eigenvalue weighted by Gasteiger charge is -2.01. The van der Waals surface area contributed by atoms with E-state index >= 15 is 0 Å². The Morgan fingerprint density at radius 2 is 1.83 bits per heavy atom. The first-order chi connectivity index (χ1) is 11.6. The van der Waals surface area contributed by atoms with Crippen molar-refractivity contribution >= 4 is 11.2 Å². The average Bonchev–Trinajstić information content (AvgIpc) is 3.28. The van der Waals surface area contributed by atoms with Crippen LogP contribution in [0.15, 0.2) is 46.1 Å². The monoisotopic (exact) mass is 322 g/mol. The summed E-state index contributed by atoms with van der Waals surface area (Å²) >= 11 is 0. The molecular formula is C16H14N6O2. The number of imidazole rings is 1. The fraction of sp³-hybridized carbons (Fsp3) is 0.125. The normalized spacial score (nSPS) is 11.2. The van der Waals surface area contributed by atoms with Crippen LogP contribution in [0.1, 0.15) is 0 Å². The zero-order valence-electron chi connectivity index (χ0n) is 13.1. The molecule has 4 rings (SSSR count). The van der Waals surface area contributed by atoms with Crippen molar-refractivity contribution in [2.75, 3.05) is 0 Å². The molecule has 0 fully saturated rings. The second kappa shape index (κ2) is 5.05. The summed E-state index contributed by atoms with van der Waals surface area (Å²) in [5.74, 6) is 0.532. The number of nitrogens with zero attached hydrogens (tertiary/aromatic N) is 4. The molecule has 0 unspecified atom stereocenters. The van der Waals surface area contributed by atoms with Crippen LogP contribution in [-0.4, -0.2) is 29.3 Å². The topological polar surface area (TPSA) is 101 Å². The molecule has 4 aromatic rings. The Balaban J connectivity index is 1.94. The van der Waals surface area contributed by atoms with E-state index in [4.69, 9.17) is 0 Å². The maximum atomic E-state index is 12.3.